The molecule has 18 heavy (non-hydrogen) atoms. The summed E-state index contributed by atoms with van der Waals surface area (Å²) in [6.45, 7) is 5.27. The van der Waals surface area contributed by atoms with Crippen molar-refractivity contribution in [1.82, 2.24) is 15.4 Å². The molecule has 0 bridgehead atoms. The van der Waals surface area contributed by atoms with Crippen LogP contribution in [-0.4, -0.2) is 46.3 Å². The molecule has 0 aromatic heterocycles. The van der Waals surface area contributed by atoms with E-state index in [1.54, 1.807) is 6.92 Å². The van der Waals surface area contributed by atoms with Gasteiger partial charge in [0.25, 0.3) is 0 Å². The predicted octanol–water partition coefficient (Wildman–Crippen LogP) is -0.268. The molecule has 0 heterocycles. The van der Waals surface area contributed by atoms with Gasteiger partial charge in [-0.1, -0.05) is 5.92 Å². The van der Waals surface area contributed by atoms with Crippen molar-refractivity contribution in [1.29, 1.82) is 0 Å². The molecule has 0 spiro atoms. The lowest BCUT2D eigenvalue weighted by atomic mass is 10.6. The normalized spacial score (nSPS) is 11.3. The number of nitrogens with one attached hydrogen (secondary N) is 3. The fraction of sp³-hybridized carbons (Fsp3) is 0.700. The van der Waals surface area contributed by atoms with Gasteiger partial charge < -0.3 is 10.6 Å². The minimum Gasteiger partial charge on any atom is -0.357 e. The number of nitrogens with zero attached hydrogens (tertiary/aromatic N) is 1. The highest BCUT2D eigenvalue weighted by Gasteiger charge is 2.04. The van der Waals surface area contributed by atoms with Crippen LogP contribution >= 0.6 is 24.0 Å². The number of hydrogen-bond donors (Lipinski definition) is 3. The lowest BCUT2D eigenvalue weighted by molar-refractivity contribution is 0.583. The Morgan fingerprint density at radius 2 is 2.00 bits per heavy atom. The van der Waals surface area contributed by atoms with Gasteiger partial charge in [-0.15, -0.1) is 30.4 Å². The van der Waals surface area contributed by atoms with Gasteiger partial charge >= 0.3 is 0 Å². The summed E-state index contributed by atoms with van der Waals surface area (Å²) in [4.78, 5) is 4.16. The average molecular weight is 388 g/mol. The van der Waals surface area contributed by atoms with Crippen molar-refractivity contribution in [2.75, 3.05) is 31.9 Å². The number of guanidine groups is 1. The van der Waals surface area contributed by atoms with Crippen LogP contribution in [0.4, 0.5) is 0 Å². The first-order valence-corrected chi connectivity index (χ1v) is 7.14. The highest BCUT2D eigenvalue weighted by Crippen LogP contribution is 1.81. The molecule has 8 heteroatoms. The van der Waals surface area contributed by atoms with Crippen LogP contribution in [0.5, 0.6) is 0 Å². The molecule has 0 aliphatic carbocycles. The molecule has 0 radical (unpaired) electrons. The van der Waals surface area contributed by atoms with E-state index in [-0.39, 0.29) is 36.3 Å². The third-order valence-corrected chi connectivity index (χ3v) is 3.19. The minimum atomic E-state index is -3.14. The van der Waals surface area contributed by atoms with Gasteiger partial charge in [0.05, 0.1) is 18.8 Å². The molecule has 0 atom stereocenters. The van der Waals surface area contributed by atoms with E-state index in [0.29, 0.717) is 19.0 Å². The van der Waals surface area contributed by atoms with Crippen LogP contribution < -0.4 is 15.4 Å². The first-order chi connectivity index (χ1) is 8.05. The number of hydrogen-bond acceptors (Lipinski definition) is 3. The van der Waals surface area contributed by atoms with Crippen molar-refractivity contribution >= 4 is 40.0 Å². The smallest absolute Gasteiger partial charge is 0.211 e. The van der Waals surface area contributed by atoms with Crippen LogP contribution in [-0.2, 0) is 10.0 Å². The second kappa shape index (κ2) is 11.6. The maximum absolute atomic E-state index is 11.1. The third-order valence-electron chi connectivity index (χ3n) is 1.79. The highest BCUT2D eigenvalue weighted by atomic mass is 127. The summed E-state index contributed by atoms with van der Waals surface area (Å²) in [7, 11) is -3.14. The molecule has 0 saturated heterocycles. The lowest BCUT2D eigenvalue weighted by Gasteiger charge is -2.08. The Bertz CT molecular complexity index is 376. The molecule has 0 aromatic rings. The van der Waals surface area contributed by atoms with Gasteiger partial charge in [0.15, 0.2) is 5.96 Å². The molecule has 0 aliphatic rings. The van der Waals surface area contributed by atoms with Gasteiger partial charge in [-0.25, -0.2) is 13.1 Å². The summed E-state index contributed by atoms with van der Waals surface area (Å²) in [5.41, 5.74) is 0. The van der Waals surface area contributed by atoms with Crippen molar-refractivity contribution in [3.8, 4) is 12.3 Å². The fourth-order valence-electron chi connectivity index (χ4n) is 0.947. The van der Waals surface area contributed by atoms with E-state index in [1.807, 2.05) is 6.92 Å². The zero-order valence-corrected chi connectivity index (χ0v) is 13.8. The zero-order chi connectivity index (χ0) is 13.1. The Morgan fingerprint density at radius 3 is 2.50 bits per heavy atom. The Labute approximate surface area is 126 Å². The number of terminal acetylenes is 1. The summed E-state index contributed by atoms with van der Waals surface area (Å²) in [6, 6.07) is 0. The molecule has 0 aromatic carbocycles. The van der Waals surface area contributed by atoms with Gasteiger partial charge in [0.1, 0.15) is 0 Å². The molecule has 0 amide bonds. The summed E-state index contributed by atoms with van der Waals surface area (Å²) in [5.74, 6) is 3.10. The van der Waals surface area contributed by atoms with Crippen molar-refractivity contribution in [2.45, 2.75) is 13.8 Å². The number of aliphatic imine (C=N–C) groups is 1. The molecule has 0 rings (SSSR count). The fourth-order valence-corrected chi connectivity index (χ4v) is 1.55. The van der Waals surface area contributed by atoms with Crippen LogP contribution in [0.3, 0.4) is 0 Å². The quantitative estimate of drug-likeness (QED) is 0.184. The average Bonchev–Trinajstić information content (AvgIpc) is 2.31. The SMILES string of the molecule is C#CCNC(=NCCNS(=O)(=O)CC)NCC.I. The van der Waals surface area contributed by atoms with Gasteiger partial charge in [0, 0.05) is 13.1 Å². The molecule has 106 valence electrons. The zero-order valence-electron chi connectivity index (χ0n) is 10.7. The molecular weight excluding hydrogens is 367 g/mol. The Morgan fingerprint density at radius 1 is 1.33 bits per heavy atom. The van der Waals surface area contributed by atoms with Gasteiger partial charge in [-0.2, -0.15) is 0 Å². The largest absolute Gasteiger partial charge is 0.357 e. The molecule has 6 nitrogen and oxygen atoms in total. The van der Waals surface area contributed by atoms with Crippen LogP contribution in [0.2, 0.25) is 0 Å². The summed E-state index contributed by atoms with van der Waals surface area (Å²) >= 11 is 0. The third kappa shape index (κ3) is 10.6. The van der Waals surface area contributed by atoms with E-state index in [9.17, 15) is 8.42 Å². The first kappa shape index (κ1) is 19.8. The lowest BCUT2D eigenvalue weighted by Crippen LogP contribution is -2.38. The van der Waals surface area contributed by atoms with Crippen molar-refractivity contribution < 1.29 is 8.42 Å². The Balaban J connectivity index is 0. The molecular formula is C10H21IN4O2S. The maximum atomic E-state index is 11.1. The van der Waals surface area contributed by atoms with Gasteiger partial charge in [-0.3, -0.25) is 4.99 Å². The van der Waals surface area contributed by atoms with E-state index < -0.39 is 10.0 Å². The number of sulfonamides is 1. The minimum absolute atomic E-state index is 0. The number of rotatable bonds is 7. The van der Waals surface area contributed by atoms with Gasteiger partial charge in [0.2, 0.25) is 10.0 Å². The van der Waals surface area contributed by atoms with E-state index >= 15 is 0 Å². The maximum Gasteiger partial charge on any atom is 0.211 e. The summed E-state index contributed by atoms with van der Waals surface area (Å²) in [6.07, 6.45) is 5.12. The second-order valence-corrected chi connectivity index (χ2v) is 5.21. The Kier molecular flexibility index (Phi) is 12.7. The Hall–Kier alpha value is -0.530. The topological polar surface area (TPSA) is 82.6 Å². The summed E-state index contributed by atoms with van der Waals surface area (Å²) in [5, 5.41) is 5.90. The highest BCUT2D eigenvalue weighted by molar-refractivity contribution is 14.0. The molecule has 0 aliphatic heterocycles. The predicted molar refractivity (Wildman–Crippen MR) is 85.7 cm³/mol. The van der Waals surface area contributed by atoms with Crippen molar-refractivity contribution in [2.24, 2.45) is 4.99 Å². The standard InChI is InChI=1S/C10H20N4O2S.HI/c1-4-7-12-10(11-5-2)13-8-9-14-17(15,16)6-3;/h1,14H,5-9H2,2-3H3,(H2,11,12,13);1H. The van der Waals surface area contributed by atoms with E-state index in [2.05, 4.69) is 26.3 Å². The van der Waals surface area contributed by atoms with E-state index in [0.717, 1.165) is 6.54 Å². The first-order valence-electron chi connectivity index (χ1n) is 5.48. The number of halogens is 1. The van der Waals surface area contributed by atoms with Crippen LogP contribution in [0.1, 0.15) is 13.8 Å². The molecule has 0 unspecified atom stereocenters. The van der Waals surface area contributed by atoms with E-state index in [4.69, 9.17) is 6.42 Å². The monoisotopic (exact) mass is 388 g/mol. The second-order valence-electron chi connectivity index (χ2n) is 3.12. The van der Waals surface area contributed by atoms with Crippen molar-refractivity contribution in [3.63, 3.8) is 0 Å². The van der Waals surface area contributed by atoms with Crippen LogP contribution in [0.15, 0.2) is 4.99 Å². The summed E-state index contributed by atoms with van der Waals surface area (Å²) < 4.78 is 24.7. The van der Waals surface area contributed by atoms with Crippen molar-refractivity contribution in [3.05, 3.63) is 0 Å². The van der Waals surface area contributed by atoms with Crippen LogP contribution in [0, 0.1) is 12.3 Å². The van der Waals surface area contributed by atoms with E-state index in [1.165, 1.54) is 0 Å². The van der Waals surface area contributed by atoms with Crippen LogP contribution in [0.25, 0.3) is 0 Å². The molecule has 3 N–H and O–H groups in total. The molecule has 0 saturated carbocycles. The van der Waals surface area contributed by atoms with Gasteiger partial charge in [-0.05, 0) is 13.8 Å². The molecule has 0 fully saturated rings.